The Morgan fingerprint density at radius 1 is 1.38 bits per heavy atom. The molecule has 3 nitrogen and oxygen atoms in total. The van der Waals surface area contributed by atoms with Gasteiger partial charge in [-0.2, -0.15) is 0 Å². The third-order valence-electron chi connectivity index (χ3n) is 3.06. The monoisotopic (exact) mass is 218 g/mol. The lowest BCUT2D eigenvalue weighted by atomic mass is 9.95. The molecule has 0 bridgehead atoms. The lowest BCUT2D eigenvalue weighted by Crippen LogP contribution is -2.37. The summed E-state index contributed by atoms with van der Waals surface area (Å²) in [4.78, 5) is 15.7. The molecule has 16 heavy (non-hydrogen) atoms. The maximum Gasteiger partial charge on any atom is 0.224 e. The highest BCUT2D eigenvalue weighted by Gasteiger charge is 2.15. The Morgan fingerprint density at radius 2 is 2.19 bits per heavy atom. The van der Waals surface area contributed by atoms with Gasteiger partial charge in [0.25, 0.3) is 0 Å². The van der Waals surface area contributed by atoms with Crippen LogP contribution in [0, 0.1) is 0 Å². The molecule has 2 rings (SSSR count). The van der Waals surface area contributed by atoms with E-state index in [1.54, 1.807) is 12.4 Å². The molecule has 1 amide bonds. The van der Waals surface area contributed by atoms with Crippen molar-refractivity contribution in [1.82, 2.24) is 10.3 Å². The van der Waals surface area contributed by atoms with Gasteiger partial charge in [0.05, 0.1) is 6.42 Å². The van der Waals surface area contributed by atoms with Crippen molar-refractivity contribution in [2.75, 3.05) is 0 Å². The number of pyridine rings is 1. The Hall–Kier alpha value is -1.38. The van der Waals surface area contributed by atoms with Crippen LogP contribution >= 0.6 is 0 Å². The standard InChI is InChI=1S/C13H18N2O/c16-13(9-11-5-4-8-14-10-11)15-12-6-2-1-3-7-12/h4-5,8,10,12H,1-3,6-7,9H2,(H,15,16). The molecule has 1 fully saturated rings. The lowest BCUT2D eigenvalue weighted by molar-refractivity contribution is -0.121. The third-order valence-corrected chi connectivity index (χ3v) is 3.06. The van der Waals surface area contributed by atoms with Crippen LogP contribution in [-0.4, -0.2) is 16.9 Å². The van der Waals surface area contributed by atoms with Crippen LogP contribution in [0.1, 0.15) is 37.7 Å². The molecule has 1 saturated carbocycles. The highest BCUT2D eigenvalue weighted by molar-refractivity contribution is 5.78. The topological polar surface area (TPSA) is 42.0 Å². The van der Waals surface area contributed by atoms with Crippen molar-refractivity contribution >= 4 is 5.91 Å². The second-order valence-corrected chi connectivity index (χ2v) is 4.44. The fourth-order valence-corrected chi connectivity index (χ4v) is 2.21. The van der Waals surface area contributed by atoms with Crippen LogP contribution in [-0.2, 0) is 11.2 Å². The van der Waals surface area contributed by atoms with Crippen LogP contribution in [0.4, 0.5) is 0 Å². The Kier molecular flexibility index (Phi) is 3.91. The summed E-state index contributed by atoms with van der Waals surface area (Å²) in [7, 11) is 0. The molecule has 0 atom stereocenters. The van der Waals surface area contributed by atoms with Gasteiger partial charge in [-0.15, -0.1) is 0 Å². The van der Waals surface area contributed by atoms with E-state index < -0.39 is 0 Å². The SMILES string of the molecule is O=C(Cc1cccnc1)NC1CCCCC1. The summed E-state index contributed by atoms with van der Waals surface area (Å²) in [6.07, 6.45) is 10.0. The van der Waals surface area contributed by atoms with Gasteiger partial charge < -0.3 is 5.32 Å². The minimum atomic E-state index is 0.125. The molecule has 1 heterocycles. The van der Waals surface area contributed by atoms with Gasteiger partial charge in [0.1, 0.15) is 0 Å². The zero-order valence-electron chi connectivity index (χ0n) is 9.48. The highest BCUT2D eigenvalue weighted by Crippen LogP contribution is 2.17. The van der Waals surface area contributed by atoms with E-state index in [1.165, 1.54) is 19.3 Å². The summed E-state index contributed by atoms with van der Waals surface area (Å²) in [6.45, 7) is 0. The van der Waals surface area contributed by atoms with E-state index in [2.05, 4.69) is 10.3 Å². The number of rotatable bonds is 3. The molecule has 0 aliphatic heterocycles. The lowest BCUT2D eigenvalue weighted by Gasteiger charge is -2.22. The van der Waals surface area contributed by atoms with E-state index in [0.29, 0.717) is 12.5 Å². The van der Waals surface area contributed by atoms with Crippen LogP contribution in [0.25, 0.3) is 0 Å². The number of carbonyl (C=O) groups excluding carboxylic acids is 1. The van der Waals surface area contributed by atoms with Crippen molar-refractivity contribution < 1.29 is 4.79 Å². The van der Waals surface area contributed by atoms with Gasteiger partial charge in [-0.1, -0.05) is 25.3 Å². The van der Waals surface area contributed by atoms with E-state index in [-0.39, 0.29) is 5.91 Å². The van der Waals surface area contributed by atoms with Crippen molar-refractivity contribution in [3.8, 4) is 0 Å². The van der Waals surface area contributed by atoms with Crippen LogP contribution in [0.5, 0.6) is 0 Å². The fourth-order valence-electron chi connectivity index (χ4n) is 2.21. The van der Waals surface area contributed by atoms with E-state index in [9.17, 15) is 4.79 Å². The summed E-state index contributed by atoms with van der Waals surface area (Å²) in [5.41, 5.74) is 0.982. The van der Waals surface area contributed by atoms with Crippen molar-refractivity contribution in [2.24, 2.45) is 0 Å². The first-order valence-electron chi connectivity index (χ1n) is 6.03. The van der Waals surface area contributed by atoms with E-state index in [4.69, 9.17) is 0 Å². The van der Waals surface area contributed by atoms with Crippen LogP contribution in [0.15, 0.2) is 24.5 Å². The summed E-state index contributed by atoms with van der Waals surface area (Å²) in [5, 5.41) is 3.10. The summed E-state index contributed by atoms with van der Waals surface area (Å²) in [6, 6.07) is 4.20. The highest BCUT2D eigenvalue weighted by atomic mass is 16.1. The minimum absolute atomic E-state index is 0.125. The molecule has 1 aliphatic rings. The molecule has 86 valence electrons. The maximum absolute atomic E-state index is 11.7. The Balaban J connectivity index is 1.80. The van der Waals surface area contributed by atoms with Gasteiger partial charge in [0.15, 0.2) is 0 Å². The van der Waals surface area contributed by atoms with Crippen LogP contribution < -0.4 is 5.32 Å². The third kappa shape index (κ3) is 3.33. The number of nitrogens with zero attached hydrogens (tertiary/aromatic N) is 1. The van der Waals surface area contributed by atoms with Gasteiger partial charge in [-0.25, -0.2) is 0 Å². The molecule has 0 aromatic carbocycles. The zero-order chi connectivity index (χ0) is 11.2. The zero-order valence-corrected chi connectivity index (χ0v) is 9.48. The number of hydrogen-bond acceptors (Lipinski definition) is 2. The predicted octanol–water partition coefficient (Wildman–Crippen LogP) is 2.07. The average Bonchev–Trinajstić information content (AvgIpc) is 2.31. The molecule has 1 N–H and O–H groups in total. The average molecular weight is 218 g/mol. The molecule has 0 unspecified atom stereocenters. The second kappa shape index (κ2) is 5.64. The first-order chi connectivity index (χ1) is 7.84. The summed E-state index contributed by atoms with van der Waals surface area (Å²) in [5.74, 6) is 0.125. The fraction of sp³-hybridized carbons (Fsp3) is 0.538. The number of carbonyl (C=O) groups is 1. The number of hydrogen-bond donors (Lipinski definition) is 1. The van der Waals surface area contributed by atoms with Gasteiger partial charge in [-0.3, -0.25) is 9.78 Å². The number of nitrogens with one attached hydrogen (secondary N) is 1. The number of amides is 1. The van der Waals surface area contributed by atoms with Crippen molar-refractivity contribution in [1.29, 1.82) is 0 Å². The first kappa shape index (κ1) is 11.1. The maximum atomic E-state index is 11.7. The molecular formula is C13H18N2O. The number of aromatic nitrogens is 1. The van der Waals surface area contributed by atoms with Crippen LogP contribution in [0.2, 0.25) is 0 Å². The molecule has 1 aliphatic carbocycles. The molecule has 0 radical (unpaired) electrons. The molecule has 1 aromatic heterocycles. The van der Waals surface area contributed by atoms with Crippen molar-refractivity contribution in [3.05, 3.63) is 30.1 Å². The predicted molar refractivity (Wildman–Crippen MR) is 63.0 cm³/mol. The normalized spacial score (nSPS) is 17.0. The van der Waals surface area contributed by atoms with Crippen LogP contribution in [0.3, 0.4) is 0 Å². The van der Waals surface area contributed by atoms with Gasteiger partial charge >= 0.3 is 0 Å². The Morgan fingerprint density at radius 3 is 2.88 bits per heavy atom. The summed E-state index contributed by atoms with van der Waals surface area (Å²) < 4.78 is 0. The molecular weight excluding hydrogens is 200 g/mol. The molecule has 1 aromatic rings. The van der Waals surface area contributed by atoms with Gasteiger partial charge in [0, 0.05) is 18.4 Å². The quantitative estimate of drug-likeness (QED) is 0.844. The van der Waals surface area contributed by atoms with Gasteiger partial charge in [-0.05, 0) is 24.5 Å². The van der Waals surface area contributed by atoms with E-state index in [0.717, 1.165) is 18.4 Å². The molecule has 0 saturated heterocycles. The first-order valence-corrected chi connectivity index (χ1v) is 6.03. The Bertz CT molecular complexity index is 331. The minimum Gasteiger partial charge on any atom is -0.353 e. The van der Waals surface area contributed by atoms with Gasteiger partial charge in [0.2, 0.25) is 5.91 Å². The smallest absolute Gasteiger partial charge is 0.224 e. The van der Waals surface area contributed by atoms with Crippen molar-refractivity contribution in [3.63, 3.8) is 0 Å². The second-order valence-electron chi connectivity index (χ2n) is 4.44. The largest absolute Gasteiger partial charge is 0.353 e. The Labute approximate surface area is 96.3 Å². The summed E-state index contributed by atoms with van der Waals surface area (Å²) >= 11 is 0. The molecule has 3 heteroatoms. The van der Waals surface area contributed by atoms with Crippen molar-refractivity contribution in [2.45, 2.75) is 44.6 Å². The van der Waals surface area contributed by atoms with E-state index in [1.807, 2.05) is 12.1 Å². The molecule has 0 spiro atoms. The van der Waals surface area contributed by atoms with E-state index >= 15 is 0 Å².